The third-order valence-corrected chi connectivity index (χ3v) is 7.70. The molecule has 0 atom stereocenters. The largest absolute Gasteiger partial charge is 0.351 e. The lowest BCUT2D eigenvalue weighted by Gasteiger charge is -2.40. The van der Waals surface area contributed by atoms with Crippen LogP contribution < -0.4 is 15.8 Å². The predicted octanol–water partition coefficient (Wildman–Crippen LogP) is 2.89. The first-order chi connectivity index (χ1) is 11.0. The van der Waals surface area contributed by atoms with Crippen molar-refractivity contribution in [2.45, 2.75) is 75.3 Å². The molecule has 0 unspecified atom stereocenters. The van der Waals surface area contributed by atoms with Crippen LogP contribution in [0.25, 0.3) is 0 Å². The average Bonchev–Trinajstić information content (AvgIpc) is 3.26. The van der Waals surface area contributed by atoms with Gasteiger partial charge in [0, 0.05) is 5.54 Å². The first-order valence-corrected chi connectivity index (χ1v) is 9.63. The van der Waals surface area contributed by atoms with Gasteiger partial charge in [-0.15, -0.1) is 0 Å². The minimum absolute atomic E-state index is 0.000529. The summed E-state index contributed by atoms with van der Waals surface area (Å²) in [5.41, 5.74) is 5.13. The quantitative estimate of drug-likeness (QED) is 0.689. The number of fused-ring (bicyclic) bond motifs is 4. The summed E-state index contributed by atoms with van der Waals surface area (Å²) in [5, 5.41) is 3.34. The van der Waals surface area contributed by atoms with E-state index in [0.717, 1.165) is 62.5 Å². The van der Waals surface area contributed by atoms with Crippen molar-refractivity contribution in [3.63, 3.8) is 0 Å². The lowest BCUT2D eigenvalue weighted by molar-refractivity contribution is 0.169. The van der Waals surface area contributed by atoms with Crippen molar-refractivity contribution in [1.82, 2.24) is 14.3 Å². The van der Waals surface area contributed by atoms with Crippen LogP contribution in [0.2, 0.25) is 0 Å². The fraction of sp³-hybridized carbons (Fsp3) is 0.875. The molecule has 7 heteroatoms. The van der Waals surface area contributed by atoms with Gasteiger partial charge in [-0.3, -0.25) is 4.72 Å². The molecule has 4 amide bonds. The number of nitrogens with two attached hydrogens (primary N) is 1. The van der Waals surface area contributed by atoms with Crippen molar-refractivity contribution in [2.24, 2.45) is 17.6 Å². The fourth-order valence-corrected chi connectivity index (χ4v) is 6.30. The van der Waals surface area contributed by atoms with E-state index in [1.165, 1.54) is 25.7 Å². The molecule has 4 aliphatic carbocycles. The van der Waals surface area contributed by atoms with Crippen LogP contribution in [0.5, 0.6) is 0 Å². The minimum atomic E-state index is -0.600. The van der Waals surface area contributed by atoms with Crippen molar-refractivity contribution in [1.29, 1.82) is 0 Å². The zero-order valence-corrected chi connectivity index (χ0v) is 14.3. The average molecular weight is 338 g/mol. The maximum atomic E-state index is 13.1. The molecule has 4 saturated carbocycles. The van der Waals surface area contributed by atoms with E-state index < -0.39 is 6.03 Å². The van der Waals surface area contributed by atoms with Crippen LogP contribution in [-0.4, -0.2) is 27.4 Å². The van der Waals surface area contributed by atoms with Gasteiger partial charge in [0.25, 0.3) is 0 Å². The van der Waals surface area contributed by atoms with Crippen molar-refractivity contribution < 1.29 is 9.59 Å². The van der Waals surface area contributed by atoms with Gasteiger partial charge in [-0.1, -0.05) is 0 Å². The van der Waals surface area contributed by atoms with E-state index in [9.17, 15) is 9.59 Å². The molecule has 0 aliphatic heterocycles. The summed E-state index contributed by atoms with van der Waals surface area (Å²) in [6.07, 6.45) is 11.3. The van der Waals surface area contributed by atoms with E-state index in [-0.39, 0.29) is 17.1 Å². The van der Waals surface area contributed by atoms with Gasteiger partial charge in [0.1, 0.15) is 0 Å². The number of rotatable bonds is 4. The third kappa shape index (κ3) is 2.66. The number of carbonyl (C=O) groups excluding carboxylic acids is 2. The number of primary amides is 1. The number of nitrogens with one attached hydrogen (secondary N) is 2. The fourth-order valence-electron chi connectivity index (χ4n) is 5.54. The Bertz CT molecular complexity index is 510. The molecule has 128 valence electrons. The molecule has 4 N–H and O–H groups in total. The number of nitrogens with zero attached hydrogens (tertiary/aromatic N) is 1. The summed E-state index contributed by atoms with van der Waals surface area (Å²) in [7, 11) is 0. The molecule has 6 nitrogen and oxygen atoms in total. The Labute approximate surface area is 141 Å². The van der Waals surface area contributed by atoms with Crippen LogP contribution in [0.15, 0.2) is 0 Å². The third-order valence-electron chi connectivity index (χ3n) is 6.67. The van der Waals surface area contributed by atoms with Gasteiger partial charge in [-0.05, 0) is 76.0 Å². The molecule has 0 radical (unpaired) electrons. The molecule has 4 aliphatic rings. The second-order valence-electron chi connectivity index (χ2n) is 8.08. The first kappa shape index (κ1) is 15.4. The van der Waals surface area contributed by atoms with Crippen LogP contribution in [0.1, 0.15) is 64.2 Å². The van der Waals surface area contributed by atoms with E-state index in [4.69, 9.17) is 5.73 Å². The van der Waals surface area contributed by atoms with Gasteiger partial charge in [-0.25, -0.2) is 13.9 Å². The van der Waals surface area contributed by atoms with Crippen LogP contribution >= 0.6 is 12.1 Å². The molecule has 4 bridgehead atoms. The molecule has 0 aromatic rings. The maximum absolute atomic E-state index is 13.1. The van der Waals surface area contributed by atoms with E-state index in [1.807, 2.05) is 4.31 Å². The second kappa shape index (κ2) is 5.46. The first-order valence-electron chi connectivity index (χ1n) is 8.85. The zero-order valence-electron chi connectivity index (χ0n) is 13.5. The Morgan fingerprint density at radius 1 is 1.00 bits per heavy atom. The number of carbonyl (C=O) groups is 2. The lowest BCUT2D eigenvalue weighted by Crippen LogP contribution is -2.56. The molecule has 0 spiro atoms. The van der Waals surface area contributed by atoms with Gasteiger partial charge in [0.2, 0.25) is 0 Å². The smallest absolute Gasteiger partial charge is 0.329 e. The van der Waals surface area contributed by atoms with Gasteiger partial charge >= 0.3 is 12.1 Å². The van der Waals surface area contributed by atoms with Crippen molar-refractivity contribution in [3.8, 4) is 0 Å². The highest BCUT2D eigenvalue weighted by Gasteiger charge is 2.53. The molecular weight excluding hydrogens is 312 g/mol. The number of amides is 4. The predicted molar refractivity (Wildman–Crippen MR) is 89.3 cm³/mol. The summed E-state index contributed by atoms with van der Waals surface area (Å²) in [6, 6.07) is -0.634. The number of urea groups is 2. The summed E-state index contributed by atoms with van der Waals surface area (Å²) in [5.74, 6) is 1.53. The molecule has 0 saturated heterocycles. The summed E-state index contributed by atoms with van der Waals surface area (Å²) >= 11 is 1.09. The Balaban J connectivity index is 1.50. The molecule has 0 aromatic heterocycles. The monoisotopic (exact) mass is 338 g/mol. The van der Waals surface area contributed by atoms with Gasteiger partial charge < -0.3 is 11.1 Å². The minimum Gasteiger partial charge on any atom is -0.351 e. The van der Waals surface area contributed by atoms with Crippen molar-refractivity contribution >= 4 is 24.2 Å². The second-order valence-corrected chi connectivity index (χ2v) is 8.83. The SMILES string of the molecule is NC(=O)NSN(C(=O)NC12CCC(CC1)C2)C12CCC(CC1)C2. The topological polar surface area (TPSA) is 87.5 Å². The Hall–Kier alpha value is -1.11. The van der Waals surface area contributed by atoms with Gasteiger partial charge in [0.05, 0.1) is 17.7 Å². The molecule has 0 aromatic carbocycles. The number of hydrogen-bond donors (Lipinski definition) is 3. The highest BCUT2D eigenvalue weighted by atomic mass is 32.2. The Morgan fingerprint density at radius 2 is 1.61 bits per heavy atom. The Morgan fingerprint density at radius 3 is 2.09 bits per heavy atom. The molecular formula is C16H26N4O2S. The van der Waals surface area contributed by atoms with E-state index in [2.05, 4.69) is 10.0 Å². The number of hydrogen-bond acceptors (Lipinski definition) is 3. The van der Waals surface area contributed by atoms with Gasteiger partial charge in [0.15, 0.2) is 0 Å². The van der Waals surface area contributed by atoms with E-state index in [1.54, 1.807) is 0 Å². The van der Waals surface area contributed by atoms with Gasteiger partial charge in [-0.2, -0.15) is 0 Å². The normalized spacial score (nSPS) is 40.3. The molecule has 0 heterocycles. The van der Waals surface area contributed by atoms with E-state index >= 15 is 0 Å². The van der Waals surface area contributed by atoms with Crippen molar-refractivity contribution in [3.05, 3.63) is 0 Å². The Kier molecular flexibility index (Phi) is 3.66. The summed E-state index contributed by atoms with van der Waals surface area (Å²) in [4.78, 5) is 24.2. The van der Waals surface area contributed by atoms with Crippen LogP contribution in [0.3, 0.4) is 0 Å². The molecule has 4 rings (SSSR count). The lowest BCUT2D eigenvalue weighted by atomic mass is 9.93. The van der Waals surface area contributed by atoms with Crippen LogP contribution in [0.4, 0.5) is 9.59 Å². The van der Waals surface area contributed by atoms with Crippen LogP contribution in [0, 0.1) is 11.8 Å². The highest BCUT2D eigenvalue weighted by Crippen LogP contribution is 2.53. The summed E-state index contributed by atoms with van der Waals surface area (Å²) in [6.45, 7) is 0. The maximum Gasteiger partial charge on any atom is 0.329 e. The summed E-state index contributed by atoms with van der Waals surface area (Å²) < 4.78 is 4.38. The molecule has 23 heavy (non-hydrogen) atoms. The standard InChI is InChI=1S/C16H26N4O2S/c17-13(21)19-23-20(16-7-3-12(10-16)4-8-16)14(22)18-15-5-1-11(9-15)2-6-15/h11-12H,1-10H2,(H,18,22)(H3,17,19,21). The molecule has 4 fully saturated rings. The highest BCUT2D eigenvalue weighted by molar-refractivity contribution is 7.96. The van der Waals surface area contributed by atoms with Crippen LogP contribution in [-0.2, 0) is 0 Å². The van der Waals surface area contributed by atoms with E-state index in [0.29, 0.717) is 0 Å². The van der Waals surface area contributed by atoms with Crippen molar-refractivity contribution in [2.75, 3.05) is 0 Å². The zero-order chi connectivity index (χ0) is 16.1.